The molecule has 1 saturated heterocycles. The fourth-order valence-electron chi connectivity index (χ4n) is 2.28. The third-order valence-corrected chi connectivity index (χ3v) is 3.75. The topological polar surface area (TPSA) is 45.2 Å². The molecular weight excluding hydrogens is 306 g/mol. The molecule has 19 heavy (non-hydrogen) atoms. The number of carbonyl (C=O) groups is 1. The van der Waals surface area contributed by atoms with Crippen LogP contribution in [0.2, 0.25) is 0 Å². The molecule has 0 radical (unpaired) electrons. The fraction of sp³-hybridized carbons (Fsp3) is 0.571. The maximum Gasteiger partial charge on any atom is 0.223 e. The van der Waals surface area contributed by atoms with Crippen LogP contribution >= 0.6 is 15.9 Å². The number of pyridine rings is 1. The number of carbonyl (C=O) groups excluding carboxylic acids is 1. The lowest BCUT2D eigenvalue weighted by molar-refractivity contribution is -0.131. The Hall–Kier alpha value is -0.940. The van der Waals surface area contributed by atoms with Crippen LogP contribution in [0.25, 0.3) is 0 Å². The Labute approximate surface area is 122 Å². The summed E-state index contributed by atoms with van der Waals surface area (Å²) in [7, 11) is 0. The molecule has 0 bridgehead atoms. The van der Waals surface area contributed by atoms with Crippen molar-refractivity contribution in [2.24, 2.45) is 0 Å². The molecule has 1 N–H and O–H groups in total. The van der Waals surface area contributed by atoms with E-state index in [1.54, 1.807) is 6.20 Å². The van der Waals surface area contributed by atoms with Gasteiger partial charge in [-0.15, -0.1) is 0 Å². The van der Waals surface area contributed by atoms with Crippen molar-refractivity contribution < 1.29 is 4.79 Å². The summed E-state index contributed by atoms with van der Waals surface area (Å²) < 4.78 is 0.983. The lowest BCUT2D eigenvalue weighted by Crippen LogP contribution is -2.37. The Morgan fingerprint density at radius 2 is 2.11 bits per heavy atom. The molecule has 0 atom stereocenters. The zero-order chi connectivity index (χ0) is 13.5. The molecule has 0 saturated carbocycles. The number of rotatable bonds is 5. The first kappa shape index (κ1) is 14.5. The molecule has 0 spiro atoms. The van der Waals surface area contributed by atoms with Gasteiger partial charge < -0.3 is 10.2 Å². The summed E-state index contributed by atoms with van der Waals surface area (Å²) in [5.41, 5.74) is 1.12. The van der Waals surface area contributed by atoms with Gasteiger partial charge in [-0.2, -0.15) is 0 Å². The summed E-state index contributed by atoms with van der Waals surface area (Å²) >= 11 is 3.40. The van der Waals surface area contributed by atoms with E-state index in [4.69, 9.17) is 0 Å². The van der Waals surface area contributed by atoms with Crippen molar-refractivity contribution in [1.29, 1.82) is 0 Å². The number of hydrogen-bond donors (Lipinski definition) is 1. The van der Waals surface area contributed by atoms with Crippen LogP contribution in [0.15, 0.2) is 22.9 Å². The van der Waals surface area contributed by atoms with Crippen molar-refractivity contribution in [2.45, 2.75) is 32.2 Å². The molecule has 0 unspecified atom stereocenters. The highest BCUT2D eigenvalue weighted by Crippen LogP contribution is 2.10. The number of aromatic nitrogens is 1. The largest absolute Gasteiger partial charge is 0.343 e. The van der Waals surface area contributed by atoms with E-state index >= 15 is 0 Å². The van der Waals surface area contributed by atoms with Crippen molar-refractivity contribution in [3.8, 4) is 0 Å². The Balaban J connectivity index is 1.65. The second-order valence-corrected chi connectivity index (χ2v) is 5.80. The number of hydrogen-bond acceptors (Lipinski definition) is 3. The van der Waals surface area contributed by atoms with E-state index in [0.717, 1.165) is 49.1 Å². The van der Waals surface area contributed by atoms with Crippen molar-refractivity contribution in [1.82, 2.24) is 15.2 Å². The van der Waals surface area contributed by atoms with Gasteiger partial charge in [0.15, 0.2) is 0 Å². The van der Waals surface area contributed by atoms with Gasteiger partial charge >= 0.3 is 0 Å². The maximum atomic E-state index is 11.9. The van der Waals surface area contributed by atoms with E-state index in [0.29, 0.717) is 6.42 Å². The van der Waals surface area contributed by atoms with Crippen LogP contribution in [0, 0.1) is 0 Å². The van der Waals surface area contributed by atoms with Crippen LogP contribution in [0.3, 0.4) is 0 Å². The van der Waals surface area contributed by atoms with Crippen LogP contribution in [0.4, 0.5) is 0 Å². The lowest BCUT2D eigenvalue weighted by atomic mass is 10.1. The van der Waals surface area contributed by atoms with Gasteiger partial charge in [-0.1, -0.05) is 0 Å². The average Bonchev–Trinajstić information content (AvgIpc) is 2.44. The first-order valence-corrected chi connectivity index (χ1v) is 7.63. The quantitative estimate of drug-likeness (QED) is 0.845. The van der Waals surface area contributed by atoms with E-state index in [-0.39, 0.29) is 5.91 Å². The second-order valence-electron chi connectivity index (χ2n) is 4.88. The van der Waals surface area contributed by atoms with Crippen LogP contribution in [-0.2, 0) is 11.3 Å². The number of nitrogens with one attached hydrogen (secondary N) is 1. The van der Waals surface area contributed by atoms with Crippen molar-refractivity contribution in [3.05, 3.63) is 28.5 Å². The third-order valence-electron chi connectivity index (χ3n) is 3.32. The minimum Gasteiger partial charge on any atom is -0.343 e. The molecule has 1 aliphatic heterocycles. The summed E-state index contributed by atoms with van der Waals surface area (Å²) in [6, 6.07) is 2.03. The van der Waals surface area contributed by atoms with E-state index in [1.807, 2.05) is 17.2 Å². The van der Waals surface area contributed by atoms with Gasteiger partial charge in [0.05, 0.1) is 0 Å². The Morgan fingerprint density at radius 1 is 1.32 bits per heavy atom. The van der Waals surface area contributed by atoms with E-state index < -0.39 is 0 Å². The first-order valence-electron chi connectivity index (χ1n) is 6.83. The fourth-order valence-corrected chi connectivity index (χ4v) is 2.69. The minimum absolute atomic E-state index is 0.277. The molecule has 2 heterocycles. The predicted octanol–water partition coefficient (Wildman–Crippen LogP) is 2.34. The molecule has 0 aromatic carbocycles. The summed E-state index contributed by atoms with van der Waals surface area (Å²) in [4.78, 5) is 18.0. The SMILES string of the molecule is O=C(CCNCc1cncc(Br)c1)N1CCCCC1. The molecule has 1 aliphatic rings. The van der Waals surface area contributed by atoms with E-state index in [1.165, 1.54) is 6.42 Å². The van der Waals surface area contributed by atoms with Gasteiger partial charge in [0.2, 0.25) is 5.91 Å². The molecule has 5 heteroatoms. The van der Waals surface area contributed by atoms with Crippen molar-refractivity contribution >= 4 is 21.8 Å². The molecule has 1 aromatic heterocycles. The summed E-state index contributed by atoms with van der Waals surface area (Å²) in [5, 5.41) is 3.29. The molecule has 1 fully saturated rings. The minimum atomic E-state index is 0.277. The third kappa shape index (κ3) is 4.91. The van der Waals surface area contributed by atoms with Crippen LogP contribution < -0.4 is 5.32 Å². The Bertz CT molecular complexity index is 419. The zero-order valence-corrected chi connectivity index (χ0v) is 12.7. The zero-order valence-electron chi connectivity index (χ0n) is 11.1. The second kappa shape index (κ2) is 7.60. The Kier molecular flexibility index (Phi) is 5.79. The standard InChI is InChI=1S/C14H20BrN3O/c15-13-8-12(10-17-11-13)9-16-5-4-14(19)18-6-2-1-3-7-18/h8,10-11,16H,1-7,9H2. The van der Waals surface area contributed by atoms with Crippen molar-refractivity contribution in [2.75, 3.05) is 19.6 Å². The van der Waals surface area contributed by atoms with Crippen LogP contribution in [-0.4, -0.2) is 35.4 Å². The highest BCUT2D eigenvalue weighted by atomic mass is 79.9. The Morgan fingerprint density at radius 3 is 2.84 bits per heavy atom. The van der Waals surface area contributed by atoms with Gasteiger partial charge in [0.1, 0.15) is 0 Å². The molecular formula is C14H20BrN3O. The molecule has 4 nitrogen and oxygen atoms in total. The highest BCUT2D eigenvalue weighted by molar-refractivity contribution is 9.10. The first-order chi connectivity index (χ1) is 9.25. The average molecular weight is 326 g/mol. The van der Waals surface area contributed by atoms with Gasteiger partial charge in [0.25, 0.3) is 0 Å². The monoisotopic (exact) mass is 325 g/mol. The summed E-state index contributed by atoms with van der Waals surface area (Å²) in [6.07, 6.45) is 7.76. The number of nitrogens with zero attached hydrogens (tertiary/aromatic N) is 2. The number of piperidine rings is 1. The molecule has 2 rings (SSSR count). The summed E-state index contributed by atoms with van der Waals surface area (Å²) in [5.74, 6) is 0.277. The van der Waals surface area contributed by atoms with Crippen LogP contribution in [0.5, 0.6) is 0 Å². The van der Waals surface area contributed by atoms with E-state index in [9.17, 15) is 4.79 Å². The normalized spacial score (nSPS) is 15.5. The molecule has 0 aliphatic carbocycles. The number of likely N-dealkylation sites (tertiary alicyclic amines) is 1. The van der Waals surface area contributed by atoms with Crippen LogP contribution in [0.1, 0.15) is 31.2 Å². The number of halogens is 1. The van der Waals surface area contributed by atoms with Gasteiger partial charge in [-0.25, -0.2) is 0 Å². The summed E-state index contributed by atoms with van der Waals surface area (Å²) in [6.45, 7) is 3.35. The molecule has 1 aromatic rings. The lowest BCUT2D eigenvalue weighted by Gasteiger charge is -2.26. The predicted molar refractivity (Wildman–Crippen MR) is 78.7 cm³/mol. The smallest absolute Gasteiger partial charge is 0.223 e. The van der Waals surface area contributed by atoms with Gasteiger partial charge in [-0.05, 0) is 46.8 Å². The van der Waals surface area contributed by atoms with Gasteiger partial charge in [0, 0.05) is 49.5 Å². The molecule has 104 valence electrons. The maximum absolute atomic E-state index is 11.9. The van der Waals surface area contributed by atoms with E-state index in [2.05, 4.69) is 26.2 Å². The van der Waals surface area contributed by atoms with Gasteiger partial charge in [-0.3, -0.25) is 9.78 Å². The number of amides is 1. The highest BCUT2D eigenvalue weighted by Gasteiger charge is 2.15. The van der Waals surface area contributed by atoms with Crippen molar-refractivity contribution in [3.63, 3.8) is 0 Å². The molecule has 1 amide bonds.